The summed E-state index contributed by atoms with van der Waals surface area (Å²) in [7, 11) is 0. The van der Waals surface area contributed by atoms with E-state index in [4.69, 9.17) is 5.73 Å². The summed E-state index contributed by atoms with van der Waals surface area (Å²) >= 11 is 0. The summed E-state index contributed by atoms with van der Waals surface area (Å²) in [5.41, 5.74) is 5.09. The average Bonchev–Trinajstić information content (AvgIpc) is 2.93. The maximum atomic E-state index is 11.3. The lowest BCUT2D eigenvalue weighted by atomic mass is 10.2. The Morgan fingerprint density at radius 3 is 2.62 bits per heavy atom. The van der Waals surface area contributed by atoms with E-state index in [2.05, 4.69) is 17.6 Å². The van der Waals surface area contributed by atoms with Gasteiger partial charge in [-0.15, -0.1) is 12.4 Å². The lowest BCUT2D eigenvalue weighted by Gasteiger charge is -2.05. The molecule has 2 amide bonds. The van der Waals surface area contributed by atoms with Crippen LogP contribution in [-0.4, -0.2) is 30.9 Å². The second-order valence-corrected chi connectivity index (χ2v) is 3.94. The molecule has 1 saturated carbocycles. The van der Waals surface area contributed by atoms with Crippen LogP contribution in [0, 0.1) is 5.92 Å². The van der Waals surface area contributed by atoms with E-state index in [0.717, 1.165) is 12.8 Å². The summed E-state index contributed by atoms with van der Waals surface area (Å²) in [5, 5.41) is 5.31. The highest BCUT2D eigenvalue weighted by Gasteiger charge is 2.36. The molecule has 5 nitrogen and oxygen atoms in total. The van der Waals surface area contributed by atoms with Crippen LogP contribution in [-0.2, 0) is 9.59 Å². The van der Waals surface area contributed by atoms with Gasteiger partial charge in [-0.2, -0.15) is 0 Å². The minimum absolute atomic E-state index is 0. The molecule has 0 saturated heterocycles. The lowest BCUT2D eigenvalue weighted by Crippen LogP contribution is -2.40. The van der Waals surface area contributed by atoms with Gasteiger partial charge in [0, 0.05) is 6.04 Å². The number of amides is 2. The van der Waals surface area contributed by atoms with Gasteiger partial charge in [-0.3, -0.25) is 9.59 Å². The number of carbonyl (C=O) groups excluding carboxylic acids is 2. The first-order chi connectivity index (χ1) is 7.17. The quantitative estimate of drug-likeness (QED) is 0.609. The van der Waals surface area contributed by atoms with Crippen LogP contribution in [0.2, 0.25) is 0 Å². The Morgan fingerprint density at radius 1 is 1.38 bits per heavy atom. The van der Waals surface area contributed by atoms with Gasteiger partial charge in [-0.25, -0.2) is 0 Å². The van der Waals surface area contributed by atoms with Gasteiger partial charge in [0.1, 0.15) is 0 Å². The van der Waals surface area contributed by atoms with Gasteiger partial charge < -0.3 is 16.4 Å². The van der Waals surface area contributed by atoms with Gasteiger partial charge in [-0.05, 0) is 18.8 Å². The summed E-state index contributed by atoms with van der Waals surface area (Å²) in [6.07, 6.45) is 3.39. The zero-order valence-electron chi connectivity index (χ0n) is 9.49. The topological polar surface area (TPSA) is 84.2 Å². The average molecular weight is 250 g/mol. The Kier molecular flexibility index (Phi) is 7.08. The molecule has 0 aromatic carbocycles. The van der Waals surface area contributed by atoms with E-state index < -0.39 is 0 Å². The molecule has 6 heteroatoms. The third-order valence-corrected chi connectivity index (χ3v) is 2.56. The van der Waals surface area contributed by atoms with Gasteiger partial charge in [-0.1, -0.05) is 13.3 Å². The van der Waals surface area contributed by atoms with E-state index in [1.807, 2.05) is 0 Å². The van der Waals surface area contributed by atoms with Crippen LogP contribution in [0.1, 0.15) is 26.2 Å². The van der Waals surface area contributed by atoms with E-state index >= 15 is 0 Å². The molecule has 2 atom stereocenters. The van der Waals surface area contributed by atoms with E-state index in [1.54, 1.807) is 0 Å². The third-order valence-electron chi connectivity index (χ3n) is 2.56. The fourth-order valence-corrected chi connectivity index (χ4v) is 1.62. The normalized spacial score (nSPS) is 21.9. The highest BCUT2D eigenvalue weighted by Crippen LogP contribution is 2.34. The van der Waals surface area contributed by atoms with Crippen LogP contribution in [0.15, 0.2) is 0 Å². The van der Waals surface area contributed by atoms with Crippen LogP contribution in [0.5, 0.6) is 0 Å². The van der Waals surface area contributed by atoms with Gasteiger partial charge >= 0.3 is 0 Å². The summed E-state index contributed by atoms with van der Waals surface area (Å²) in [6, 6.07) is 0.326. The molecule has 1 rings (SSSR count). The second kappa shape index (κ2) is 7.46. The molecule has 1 aliphatic carbocycles. The predicted molar refractivity (Wildman–Crippen MR) is 64.3 cm³/mol. The van der Waals surface area contributed by atoms with Crippen LogP contribution in [0.25, 0.3) is 0 Å². The molecule has 0 heterocycles. The highest BCUT2D eigenvalue weighted by atomic mass is 35.5. The Balaban J connectivity index is 0.00000225. The van der Waals surface area contributed by atoms with Gasteiger partial charge in [0.15, 0.2) is 0 Å². The van der Waals surface area contributed by atoms with Crippen molar-refractivity contribution in [2.24, 2.45) is 11.7 Å². The Morgan fingerprint density at radius 2 is 2.06 bits per heavy atom. The molecule has 1 fully saturated rings. The molecular formula is C10H20ClN3O2. The predicted octanol–water partition coefficient (Wildman–Crippen LogP) is -0.212. The van der Waals surface area contributed by atoms with Crippen molar-refractivity contribution in [2.75, 3.05) is 13.1 Å². The third kappa shape index (κ3) is 5.32. The van der Waals surface area contributed by atoms with Gasteiger partial charge in [0.2, 0.25) is 11.8 Å². The first-order valence-electron chi connectivity index (χ1n) is 5.43. The molecule has 1 aliphatic rings. The molecule has 0 aromatic rings. The number of carbonyl (C=O) groups is 2. The smallest absolute Gasteiger partial charge is 0.239 e. The minimum atomic E-state index is -0.300. The highest BCUT2D eigenvalue weighted by molar-refractivity contribution is 5.86. The fourth-order valence-electron chi connectivity index (χ4n) is 1.62. The number of nitrogens with two attached hydrogens (primary N) is 1. The van der Waals surface area contributed by atoms with Crippen molar-refractivity contribution in [2.45, 2.75) is 32.2 Å². The molecule has 0 aliphatic heterocycles. The Labute approximate surface area is 102 Å². The minimum Gasteiger partial charge on any atom is -0.352 e. The number of nitrogens with one attached hydrogen (secondary N) is 2. The van der Waals surface area contributed by atoms with Gasteiger partial charge in [0.25, 0.3) is 0 Å². The molecule has 0 spiro atoms. The maximum Gasteiger partial charge on any atom is 0.239 e. The molecule has 16 heavy (non-hydrogen) atoms. The van der Waals surface area contributed by atoms with E-state index in [9.17, 15) is 9.59 Å². The molecule has 4 N–H and O–H groups in total. The molecule has 2 unspecified atom stereocenters. The SMILES string of the molecule is CCCC1CC1NC(=O)CNC(=O)CN.Cl. The van der Waals surface area contributed by atoms with E-state index in [0.29, 0.717) is 12.0 Å². The first kappa shape index (κ1) is 15.2. The Bertz CT molecular complexity index is 248. The van der Waals surface area contributed by atoms with E-state index in [1.165, 1.54) is 6.42 Å². The second-order valence-electron chi connectivity index (χ2n) is 3.94. The summed E-state index contributed by atoms with van der Waals surface area (Å²) in [4.78, 5) is 22.1. The van der Waals surface area contributed by atoms with Crippen molar-refractivity contribution >= 4 is 24.2 Å². The molecule has 0 aromatic heterocycles. The van der Waals surface area contributed by atoms with Crippen molar-refractivity contribution in [3.63, 3.8) is 0 Å². The standard InChI is InChI=1S/C10H19N3O2.ClH/c1-2-3-7-4-8(7)13-10(15)6-12-9(14)5-11;/h7-8H,2-6,11H2,1H3,(H,12,14)(H,13,15);1H. The summed E-state index contributed by atoms with van der Waals surface area (Å²) in [5.74, 6) is 0.218. The molecule has 0 bridgehead atoms. The monoisotopic (exact) mass is 249 g/mol. The van der Waals surface area contributed by atoms with Crippen LogP contribution >= 0.6 is 12.4 Å². The fraction of sp³-hybridized carbons (Fsp3) is 0.800. The lowest BCUT2D eigenvalue weighted by molar-refractivity contribution is -0.125. The number of hydrogen-bond donors (Lipinski definition) is 3. The molecule has 94 valence electrons. The maximum absolute atomic E-state index is 11.3. The van der Waals surface area contributed by atoms with Crippen molar-refractivity contribution in [3.8, 4) is 0 Å². The van der Waals surface area contributed by atoms with Crippen molar-refractivity contribution in [1.29, 1.82) is 0 Å². The van der Waals surface area contributed by atoms with Crippen molar-refractivity contribution in [1.82, 2.24) is 10.6 Å². The molecular weight excluding hydrogens is 230 g/mol. The van der Waals surface area contributed by atoms with Gasteiger partial charge in [0.05, 0.1) is 13.1 Å². The number of rotatable bonds is 6. The number of hydrogen-bond acceptors (Lipinski definition) is 3. The zero-order chi connectivity index (χ0) is 11.3. The zero-order valence-corrected chi connectivity index (χ0v) is 10.3. The summed E-state index contributed by atoms with van der Waals surface area (Å²) in [6.45, 7) is 2.10. The Hall–Kier alpha value is -0.810. The van der Waals surface area contributed by atoms with Crippen molar-refractivity contribution in [3.05, 3.63) is 0 Å². The number of halogens is 1. The van der Waals surface area contributed by atoms with Crippen molar-refractivity contribution < 1.29 is 9.59 Å². The van der Waals surface area contributed by atoms with Crippen LogP contribution < -0.4 is 16.4 Å². The van der Waals surface area contributed by atoms with E-state index in [-0.39, 0.29) is 37.3 Å². The van der Waals surface area contributed by atoms with Crippen LogP contribution in [0.3, 0.4) is 0 Å². The molecule has 0 radical (unpaired) electrons. The largest absolute Gasteiger partial charge is 0.352 e. The van der Waals surface area contributed by atoms with Crippen LogP contribution in [0.4, 0.5) is 0 Å². The summed E-state index contributed by atoms with van der Waals surface area (Å²) < 4.78 is 0. The first-order valence-corrected chi connectivity index (χ1v) is 5.43.